The number of fused-ring (bicyclic) bond motifs is 1. The molecule has 2 fully saturated rings. The molecule has 0 aromatic rings. The first kappa shape index (κ1) is 14.3. The molecule has 3 heteroatoms. The van der Waals surface area contributed by atoms with Gasteiger partial charge in [0.05, 0.1) is 6.61 Å². The molecule has 3 nitrogen and oxygen atoms in total. The predicted octanol–water partition coefficient (Wildman–Crippen LogP) is 2.27. The molecule has 18 heavy (non-hydrogen) atoms. The molecule has 0 aromatic carbocycles. The van der Waals surface area contributed by atoms with Crippen LogP contribution in [0.15, 0.2) is 0 Å². The second kappa shape index (κ2) is 7.46. The molecule has 0 radical (unpaired) electrons. The van der Waals surface area contributed by atoms with Crippen molar-refractivity contribution in [3.63, 3.8) is 0 Å². The van der Waals surface area contributed by atoms with E-state index in [1.165, 1.54) is 45.2 Å². The van der Waals surface area contributed by atoms with Crippen molar-refractivity contribution in [2.24, 2.45) is 5.92 Å². The second-order valence-electron chi connectivity index (χ2n) is 6.30. The van der Waals surface area contributed by atoms with Gasteiger partial charge in [-0.1, -0.05) is 13.8 Å². The topological polar surface area (TPSA) is 24.5 Å². The number of nitrogens with one attached hydrogen (secondary N) is 1. The van der Waals surface area contributed by atoms with E-state index in [1.54, 1.807) is 0 Å². The van der Waals surface area contributed by atoms with E-state index >= 15 is 0 Å². The molecule has 2 atom stereocenters. The van der Waals surface area contributed by atoms with Crippen LogP contribution in [0.25, 0.3) is 0 Å². The highest BCUT2D eigenvalue weighted by atomic mass is 16.5. The van der Waals surface area contributed by atoms with Crippen LogP contribution in [0.2, 0.25) is 0 Å². The molecule has 2 saturated heterocycles. The predicted molar refractivity (Wildman–Crippen MR) is 75.9 cm³/mol. The van der Waals surface area contributed by atoms with Crippen LogP contribution in [0.3, 0.4) is 0 Å². The maximum Gasteiger partial charge on any atom is 0.0591 e. The van der Waals surface area contributed by atoms with Gasteiger partial charge in [0.15, 0.2) is 0 Å². The summed E-state index contributed by atoms with van der Waals surface area (Å²) < 4.78 is 5.65. The van der Waals surface area contributed by atoms with Crippen molar-refractivity contribution in [2.75, 3.05) is 32.8 Å². The van der Waals surface area contributed by atoms with E-state index in [0.29, 0.717) is 0 Å². The number of hydrogen-bond acceptors (Lipinski definition) is 3. The number of piperidine rings is 1. The SMILES string of the molecule is CC(C)CCOCCN[C@H]1CCN2CCC[C@H]2C1. The molecule has 2 aliphatic rings. The first-order valence-electron chi connectivity index (χ1n) is 7.81. The molecule has 0 aromatic heterocycles. The van der Waals surface area contributed by atoms with Gasteiger partial charge in [0.25, 0.3) is 0 Å². The van der Waals surface area contributed by atoms with Gasteiger partial charge in [-0.3, -0.25) is 0 Å². The van der Waals surface area contributed by atoms with Crippen molar-refractivity contribution in [2.45, 2.75) is 58.0 Å². The van der Waals surface area contributed by atoms with Gasteiger partial charge in [-0.15, -0.1) is 0 Å². The molecule has 0 amide bonds. The lowest BCUT2D eigenvalue weighted by molar-refractivity contribution is 0.115. The molecule has 0 saturated carbocycles. The zero-order valence-corrected chi connectivity index (χ0v) is 12.2. The van der Waals surface area contributed by atoms with Gasteiger partial charge >= 0.3 is 0 Å². The van der Waals surface area contributed by atoms with Crippen LogP contribution in [-0.2, 0) is 4.74 Å². The van der Waals surface area contributed by atoms with Gasteiger partial charge in [0.1, 0.15) is 0 Å². The maximum atomic E-state index is 5.65. The lowest BCUT2D eigenvalue weighted by atomic mass is 9.98. The van der Waals surface area contributed by atoms with Crippen molar-refractivity contribution in [1.29, 1.82) is 0 Å². The molecule has 106 valence electrons. The summed E-state index contributed by atoms with van der Waals surface area (Å²) in [5.74, 6) is 0.754. The first-order chi connectivity index (χ1) is 8.75. The molecule has 0 bridgehead atoms. The Morgan fingerprint density at radius 2 is 2.11 bits per heavy atom. The van der Waals surface area contributed by atoms with Gasteiger partial charge in [-0.05, 0) is 51.1 Å². The lowest BCUT2D eigenvalue weighted by Gasteiger charge is -2.35. The zero-order valence-electron chi connectivity index (χ0n) is 12.2. The summed E-state index contributed by atoms with van der Waals surface area (Å²) in [4.78, 5) is 2.68. The Balaban J connectivity index is 1.49. The number of ether oxygens (including phenoxy) is 1. The maximum absolute atomic E-state index is 5.65. The fourth-order valence-electron chi connectivity index (χ4n) is 3.17. The average Bonchev–Trinajstić information content (AvgIpc) is 2.80. The van der Waals surface area contributed by atoms with Crippen molar-refractivity contribution < 1.29 is 4.74 Å². The van der Waals surface area contributed by atoms with E-state index in [0.717, 1.165) is 37.8 Å². The number of hydrogen-bond donors (Lipinski definition) is 1. The van der Waals surface area contributed by atoms with Crippen LogP contribution in [0, 0.1) is 5.92 Å². The van der Waals surface area contributed by atoms with Crippen LogP contribution in [0.5, 0.6) is 0 Å². The highest BCUT2D eigenvalue weighted by Gasteiger charge is 2.31. The Bertz CT molecular complexity index is 233. The Hall–Kier alpha value is -0.120. The Labute approximate surface area is 112 Å². The van der Waals surface area contributed by atoms with E-state index in [-0.39, 0.29) is 0 Å². The number of rotatable bonds is 7. The summed E-state index contributed by atoms with van der Waals surface area (Å²) in [6, 6.07) is 1.61. The Morgan fingerprint density at radius 3 is 2.94 bits per heavy atom. The van der Waals surface area contributed by atoms with Gasteiger partial charge in [0, 0.05) is 25.2 Å². The van der Waals surface area contributed by atoms with Gasteiger partial charge in [0.2, 0.25) is 0 Å². The van der Waals surface area contributed by atoms with Crippen LogP contribution < -0.4 is 5.32 Å². The molecule has 2 aliphatic heterocycles. The van der Waals surface area contributed by atoms with Crippen LogP contribution >= 0.6 is 0 Å². The largest absolute Gasteiger partial charge is 0.380 e. The van der Waals surface area contributed by atoms with E-state index in [9.17, 15) is 0 Å². The molecule has 2 heterocycles. The van der Waals surface area contributed by atoms with Gasteiger partial charge < -0.3 is 15.0 Å². The third kappa shape index (κ3) is 4.52. The fourth-order valence-corrected chi connectivity index (χ4v) is 3.17. The van der Waals surface area contributed by atoms with Crippen molar-refractivity contribution in [1.82, 2.24) is 10.2 Å². The second-order valence-corrected chi connectivity index (χ2v) is 6.30. The summed E-state index contributed by atoms with van der Waals surface area (Å²) in [6.45, 7) is 9.95. The third-order valence-corrected chi connectivity index (χ3v) is 4.34. The molecule has 2 rings (SSSR count). The molecule has 0 unspecified atom stereocenters. The smallest absolute Gasteiger partial charge is 0.0591 e. The average molecular weight is 254 g/mol. The van der Waals surface area contributed by atoms with E-state index in [2.05, 4.69) is 24.1 Å². The first-order valence-corrected chi connectivity index (χ1v) is 7.81. The minimum atomic E-state index is 0.734. The minimum absolute atomic E-state index is 0.734. The third-order valence-electron chi connectivity index (χ3n) is 4.34. The molecular weight excluding hydrogens is 224 g/mol. The highest BCUT2D eigenvalue weighted by Crippen LogP contribution is 2.26. The molecule has 1 N–H and O–H groups in total. The Kier molecular flexibility index (Phi) is 5.93. The lowest BCUT2D eigenvalue weighted by Crippen LogP contribution is -2.46. The van der Waals surface area contributed by atoms with Crippen LogP contribution in [0.4, 0.5) is 0 Å². The van der Waals surface area contributed by atoms with E-state index in [4.69, 9.17) is 4.74 Å². The van der Waals surface area contributed by atoms with E-state index < -0.39 is 0 Å². The zero-order chi connectivity index (χ0) is 12.8. The Morgan fingerprint density at radius 1 is 1.22 bits per heavy atom. The number of nitrogens with zero attached hydrogens (tertiary/aromatic N) is 1. The molecular formula is C15H30N2O. The summed E-state index contributed by atoms with van der Waals surface area (Å²) in [5.41, 5.74) is 0. The molecule has 0 aliphatic carbocycles. The highest BCUT2D eigenvalue weighted by molar-refractivity contribution is 4.89. The van der Waals surface area contributed by atoms with Crippen LogP contribution in [-0.4, -0.2) is 49.8 Å². The van der Waals surface area contributed by atoms with Crippen molar-refractivity contribution >= 4 is 0 Å². The standard InChI is InChI=1S/C15H30N2O/c1-13(2)6-10-18-11-7-16-14-5-9-17-8-3-4-15(17)12-14/h13-16H,3-12H2,1-2H3/t14-,15-/m0/s1. The summed E-state index contributed by atoms with van der Waals surface area (Å²) >= 11 is 0. The minimum Gasteiger partial charge on any atom is -0.380 e. The van der Waals surface area contributed by atoms with Crippen molar-refractivity contribution in [3.8, 4) is 0 Å². The van der Waals surface area contributed by atoms with Crippen LogP contribution in [0.1, 0.15) is 46.0 Å². The van der Waals surface area contributed by atoms with Gasteiger partial charge in [-0.2, -0.15) is 0 Å². The molecule has 0 spiro atoms. The quantitative estimate of drug-likeness (QED) is 0.705. The fraction of sp³-hybridized carbons (Fsp3) is 1.00. The summed E-state index contributed by atoms with van der Waals surface area (Å²) in [7, 11) is 0. The summed E-state index contributed by atoms with van der Waals surface area (Å²) in [5, 5.41) is 3.67. The van der Waals surface area contributed by atoms with Crippen molar-refractivity contribution in [3.05, 3.63) is 0 Å². The summed E-state index contributed by atoms with van der Waals surface area (Å²) in [6.07, 6.45) is 6.69. The van der Waals surface area contributed by atoms with E-state index in [1.807, 2.05) is 0 Å². The van der Waals surface area contributed by atoms with Gasteiger partial charge in [-0.25, -0.2) is 0 Å². The monoisotopic (exact) mass is 254 g/mol. The normalized spacial score (nSPS) is 28.8.